The molecular formula is C19H21N3O3. The van der Waals surface area contributed by atoms with E-state index in [0.717, 1.165) is 5.39 Å². The fourth-order valence-corrected chi connectivity index (χ4v) is 2.95. The maximum absolute atomic E-state index is 12.6. The van der Waals surface area contributed by atoms with Crippen molar-refractivity contribution < 1.29 is 14.3 Å². The van der Waals surface area contributed by atoms with E-state index in [1.807, 2.05) is 38.1 Å². The summed E-state index contributed by atoms with van der Waals surface area (Å²) in [6.07, 6.45) is 1.64. The number of phenolic OH excluding ortho intramolecular Hbond substituents is 1. The molecule has 0 saturated carbocycles. The van der Waals surface area contributed by atoms with E-state index in [9.17, 15) is 9.90 Å². The summed E-state index contributed by atoms with van der Waals surface area (Å²) in [5.74, 6) is 0.742. The Morgan fingerprint density at radius 1 is 1.24 bits per heavy atom. The second kappa shape index (κ2) is 6.55. The molecule has 1 atom stereocenters. The van der Waals surface area contributed by atoms with Crippen LogP contribution in [-0.2, 0) is 0 Å². The van der Waals surface area contributed by atoms with Crippen LogP contribution >= 0.6 is 0 Å². The Morgan fingerprint density at radius 3 is 2.64 bits per heavy atom. The molecule has 0 aliphatic rings. The number of aromatic nitrogens is 2. The average Bonchev–Trinajstić information content (AvgIpc) is 2.92. The highest BCUT2D eigenvalue weighted by molar-refractivity contribution is 5.94. The first-order valence-corrected chi connectivity index (χ1v) is 8.20. The van der Waals surface area contributed by atoms with Crippen LogP contribution < -0.4 is 5.32 Å². The van der Waals surface area contributed by atoms with Crippen LogP contribution in [0.5, 0.6) is 5.75 Å². The van der Waals surface area contributed by atoms with Gasteiger partial charge in [0, 0.05) is 24.1 Å². The van der Waals surface area contributed by atoms with E-state index in [-0.39, 0.29) is 29.3 Å². The minimum absolute atomic E-state index is 0.0596. The molecule has 0 bridgehead atoms. The maximum atomic E-state index is 12.6. The fraction of sp³-hybridized carbons (Fsp3) is 0.316. The Labute approximate surface area is 145 Å². The van der Waals surface area contributed by atoms with Crippen molar-refractivity contribution >= 4 is 16.8 Å². The number of aromatic hydroxyl groups is 1. The van der Waals surface area contributed by atoms with E-state index in [1.54, 1.807) is 20.0 Å². The van der Waals surface area contributed by atoms with Gasteiger partial charge in [0.05, 0.1) is 6.04 Å². The Morgan fingerprint density at radius 2 is 2.00 bits per heavy atom. The second-order valence-electron chi connectivity index (χ2n) is 6.41. The molecule has 0 fully saturated rings. The van der Waals surface area contributed by atoms with Gasteiger partial charge in [0.15, 0.2) is 11.6 Å². The van der Waals surface area contributed by atoms with Crippen LogP contribution in [0.15, 0.2) is 34.9 Å². The number of amides is 1. The Balaban J connectivity index is 1.98. The Hall–Kier alpha value is -2.89. The van der Waals surface area contributed by atoms with Gasteiger partial charge in [0.2, 0.25) is 0 Å². The minimum atomic E-state index is -0.379. The number of phenols is 1. The van der Waals surface area contributed by atoms with Crippen molar-refractivity contribution in [2.75, 3.05) is 0 Å². The summed E-state index contributed by atoms with van der Waals surface area (Å²) in [5.41, 5.74) is 1.42. The van der Waals surface area contributed by atoms with Crippen LogP contribution in [0.1, 0.15) is 47.6 Å². The molecular weight excluding hydrogens is 318 g/mol. The molecule has 2 N–H and O–H groups in total. The zero-order valence-electron chi connectivity index (χ0n) is 14.7. The van der Waals surface area contributed by atoms with Crippen molar-refractivity contribution in [2.24, 2.45) is 5.92 Å². The first-order valence-electron chi connectivity index (χ1n) is 8.20. The molecule has 0 spiro atoms. The van der Waals surface area contributed by atoms with Gasteiger partial charge in [-0.1, -0.05) is 32.0 Å². The van der Waals surface area contributed by atoms with Crippen molar-refractivity contribution in [1.29, 1.82) is 0 Å². The molecule has 3 aromatic rings. The number of hydrogen-bond acceptors (Lipinski definition) is 5. The number of carbonyl (C=O) groups is 1. The molecule has 0 aliphatic heterocycles. The second-order valence-corrected chi connectivity index (χ2v) is 6.41. The van der Waals surface area contributed by atoms with E-state index < -0.39 is 0 Å². The van der Waals surface area contributed by atoms with Crippen molar-refractivity contribution in [3.8, 4) is 5.75 Å². The van der Waals surface area contributed by atoms with Gasteiger partial charge in [0.25, 0.3) is 5.91 Å². The summed E-state index contributed by atoms with van der Waals surface area (Å²) in [4.78, 5) is 21.0. The number of pyridine rings is 1. The van der Waals surface area contributed by atoms with Gasteiger partial charge in [-0.15, -0.1) is 0 Å². The van der Waals surface area contributed by atoms with Crippen LogP contribution in [0.3, 0.4) is 0 Å². The van der Waals surface area contributed by atoms with E-state index in [2.05, 4.69) is 15.3 Å². The lowest BCUT2D eigenvalue weighted by molar-refractivity contribution is 0.0919. The molecule has 2 heterocycles. The highest BCUT2D eigenvalue weighted by Crippen LogP contribution is 2.34. The lowest BCUT2D eigenvalue weighted by Crippen LogP contribution is -2.32. The Bertz CT molecular complexity index is 931. The average molecular weight is 339 g/mol. The van der Waals surface area contributed by atoms with Gasteiger partial charge in [-0.25, -0.2) is 4.98 Å². The minimum Gasteiger partial charge on any atom is -0.505 e. The summed E-state index contributed by atoms with van der Waals surface area (Å²) in [7, 11) is 0. The molecule has 2 aromatic heterocycles. The number of nitrogens with zero attached hydrogens (tertiary/aromatic N) is 2. The summed E-state index contributed by atoms with van der Waals surface area (Å²) in [6, 6.07) is 7.04. The molecule has 0 radical (unpaired) electrons. The topological polar surface area (TPSA) is 88.2 Å². The van der Waals surface area contributed by atoms with Gasteiger partial charge in [0.1, 0.15) is 17.0 Å². The summed E-state index contributed by atoms with van der Waals surface area (Å²) in [6.45, 7) is 7.36. The first-order chi connectivity index (χ1) is 11.9. The number of nitrogens with one attached hydrogen (secondary N) is 1. The van der Waals surface area contributed by atoms with Crippen LogP contribution in [0.2, 0.25) is 0 Å². The lowest BCUT2D eigenvalue weighted by Gasteiger charge is -2.23. The number of hydrogen-bond donors (Lipinski definition) is 2. The molecule has 25 heavy (non-hydrogen) atoms. The zero-order chi connectivity index (χ0) is 18.1. The van der Waals surface area contributed by atoms with Crippen molar-refractivity contribution in [3.63, 3.8) is 0 Å². The van der Waals surface area contributed by atoms with Crippen molar-refractivity contribution in [1.82, 2.24) is 15.3 Å². The third-order valence-corrected chi connectivity index (χ3v) is 4.19. The van der Waals surface area contributed by atoms with E-state index in [4.69, 9.17) is 4.42 Å². The number of oxazole rings is 1. The SMILES string of the molecule is Cc1nc(C(=O)NC(c2ccc3cccnc3c2O)C(C)C)c(C)o1. The molecule has 3 rings (SSSR count). The monoisotopic (exact) mass is 339 g/mol. The summed E-state index contributed by atoms with van der Waals surface area (Å²) >= 11 is 0. The number of benzene rings is 1. The summed E-state index contributed by atoms with van der Waals surface area (Å²) in [5, 5.41) is 14.5. The van der Waals surface area contributed by atoms with Crippen LogP contribution in [-0.4, -0.2) is 21.0 Å². The van der Waals surface area contributed by atoms with Gasteiger partial charge in [-0.05, 0) is 18.9 Å². The predicted molar refractivity (Wildman–Crippen MR) is 94.4 cm³/mol. The maximum Gasteiger partial charge on any atom is 0.274 e. The number of aryl methyl sites for hydroxylation is 2. The van der Waals surface area contributed by atoms with Crippen LogP contribution in [0, 0.1) is 19.8 Å². The van der Waals surface area contributed by atoms with Gasteiger partial charge < -0.3 is 14.8 Å². The number of fused-ring (bicyclic) bond motifs is 1. The molecule has 6 heteroatoms. The Kier molecular flexibility index (Phi) is 4.44. The van der Waals surface area contributed by atoms with Crippen LogP contribution in [0.25, 0.3) is 10.9 Å². The quantitative estimate of drug-likeness (QED) is 0.757. The highest BCUT2D eigenvalue weighted by Gasteiger charge is 2.25. The van der Waals surface area contributed by atoms with E-state index >= 15 is 0 Å². The zero-order valence-corrected chi connectivity index (χ0v) is 14.7. The highest BCUT2D eigenvalue weighted by atomic mass is 16.4. The number of carbonyl (C=O) groups excluding carboxylic acids is 1. The lowest BCUT2D eigenvalue weighted by atomic mass is 9.93. The standard InChI is InChI=1S/C19H21N3O3/c1-10(2)15(22-19(24)16-11(3)25-12(4)21-16)14-8-7-13-6-5-9-20-17(13)18(14)23/h5-10,15,23H,1-4H3,(H,22,24). The van der Waals surface area contributed by atoms with Crippen molar-refractivity contribution in [3.05, 3.63) is 53.4 Å². The molecule has 1 unspecified atom stereocenters. The van der Waals surface area contributed by atoms with Crippen LogP contribution in [0.4, 0.5) is 0 Å². The third kappa shape index (κ3) is 3.20. The number of rotatable bonds is 4. The predicted octanol–water partition coefficient (Wildman–Crippen LogP) is 3.67. The molecule has 6 nitrogen and oxygen atoms in total. The van der Waals surface area contributed by atoms with Gasteiger partial charge in [-0.3, -0.25) is 9.78 Å². The smallest absolute Gasteiger partial charge is 0.274 e. The van der Waals surface area contributed by atoms with E-state index in [1.165, 1.54) is 0 Å². The fourth-order valence-electron chi connectivity index (χ4n) is 2.95. The normalized spacial score (nSPS) is 12.5. The van der Waals surface area contributed by atoms with Crippen molar-refractivity contribution in [2.45, 2.75) is 33.7 Å². The molecule has 1 amide bonds. The molecule has 1 aromatic carbocycles. The molecule has 130 valence electrons. The molecule has 0 saturated heterocycles. The third-order valence-electron chi connectivity index (χ3n) is 4.19. The summed E-state index contributed by atoms with van der Waals surface area (Å²) < 4.78 is 5.33. The first kappa shape index (κ1) is 17.0. The van der Waals surface area contributed by atoms with Gasteiger partial charge >= 0.3 is 0 Å². The van der Waals surface area contributed by atoms with E-state index in [0.29, 0.717) is 22.7 Å². The largest absolute Gasteiger partial charge is 0.505 e. The molecule has 0 aliphatic carbocycles. The van der Waals surface area contributed by atoms with Gasteiger partial charge in [-0.2, -0.15) is 0 Å².